The molecule has 1 amide bonds. The normalized spacial score (nSPS) is 10.4. The Hall–Kier alpha value is -2.30. The van der Waals surface area contributed by atoms with Crippen LogP contribution in [0.25, 0.3) is 10.9 Å². The Morgan fingerprint density at radius 2 is 2.21 bits per heavy atom. The molecule has 0 saturated heterocycles. The van der Waals surface area contributed by atoms with Crippen LogP contribution >= 0.6 is 0 Å². The molecule has 2 aromatic rings. The van der Waals surface area contributed by atoms with E-state index in [1.54, 1.807) is 18.1 Å². The first kappa shape index (κ1) is 13.1. The molecule has 0 saturated carbocycles. The van der Waals surface area contributed by atoms with Crippen molar-refractivity contribution < 1.29 is 4.79 Å². The third-order valence-electron chi connectivity index (χ3n) is 3.10. The highest BCUT2D eigenvalue weighted by molar-refractivity contribution is 5.94. The minimum Gasteiger partial charge on any atom is -0.399 e. The highest BCUT2D eigenvalue weighted by Crippen LogP contribution is 2.23. The first-order valence-electron chi connectivity index (χ1n) is 6.24. The van der Waals surface area contributed by atoms with Crippen LogP contribution in [-0.4, -0.2) is 35.9 Å². The molecule has 0 unspecified atom stereocenters. The molecular weight excluding hydrogens is 240 g/mol. The largest absolute Gasteiger partial charge is 0.399 e. The van der Waals surface area contributed by atoms with Crippen molar-refractivity contribution in [2.24, 2.45) is 0 Å². The molecule has 0 spiro atoms. The average molecular weight is 258 g/mol. The summed E-state index contributed by atoms with van der Waals surface area (Å²) in [5.74, 6) is 0.0582. The van der Waals surface area contributed by atoms with Crippen molar-refractivity contribution in [3.63, 3.8) is 0 Å². The van der Waals surface area contributed by atoms with E-state index < -0.39 is 0 Å². The fourth-order valence-corrected chi connectivity index (χ4v) is 1.80. The van der Waals surface area contributed by atoms with Crippen LogP contribution in [0, 0.1) is 0 Å². The Kier molecular flexibility index (Phi) is 3.85. The van der Waals surface area contributed by atoms with Crippen molar-refractivity contribution in [2.75, 3.05) is 31.2 Å². The van der Waals surface area contributed by atoms with E-state index >= 15 is 0 Å². The zero-order chi connectivity index (χ0) is 13.8. The van der Waals surface area contributed by atoms with E-state index in [1.165, 1.54) is 0 Å². The molecule has 0 aliphatic carbocycles. The maximum Gasteiger partial charge on any atom is 0.241 e. The summed E-state index contributed by atoms with van der Waals surface area (Å²) in [4.78, 5) is 17.7. The van der Waals surface area contributed by atoms with Gasteiger partial charge in [-0.3, -0.25) is 9.78 Å². The molecule has 2 rings (SSSR count). The minimum atomic E-state index is 0.0582. The fourth-order valence-electron chi connectivity index (χ4n) is 1.80. The number of anilines is 2. The van der Waals surface area contributed by atoms with Gasteiger partial charge in [0, 0.05) is 36.6 Å². The number of carbonyl (C=O) groups is 1. The van der Waals surface area contributed by atoms with E-state index in [1.807, 2.05) is 31.2 Å². The van der Waals surface area contributed by atoms with Crippen LogP contribution in [0.15, 0.2) is 30.5 Å². The van der Waals surface area contributed by atoms with E-state index in [9.17, 15) is 4.79 Å². The number of amides is 1. The summed E-state index contributed by atoms with van der Waals surface area (Å²) < 4.78 is 0. The van der Waals surface area contributed by atoms with Gasteiger partial charge in [0.15, 0.2) is 0 Å². The minimum absolute atomic E-state index is 0.0582. The van der Waals surface area contributed by atoms with Crippen LogP contribution in [0.4, 0.5) is 11.4 Å². The van der Waals surface area contributed by atoms with Gasteiger partial charge in [-0.05, 0) is 31.2 Å². The summed E-state index contributed by atoms with van der Waals surface area (Å²) in [6, 6.07) is 7.42. The maximum absolute atomic E-state index is 11.8. The lowest BCUT2D eigenvalue weighted by atomic mass is 10.1. The number of nitrogen functional groups attached to an aromatic ring is 1. The van der Waals surface area contributed by atoms with Gasteiger partial charge in [-0.15, -0.1) is 0 Å². The standard InChI is InChI=1S/C14H18N4O/c1-3-18(2)14(19)9-17-12-6-7-16-13-8-10(15)4-5-11(12)13/h4-8H,3,9,15H2,1-2H3,(H,16,17). The molecule has 19 heavy (non-hydrogen) atoms. The Morgan fingerprint density at radius 1 is 1.42 bits per heavy atom. The molecule has 0 fully saturated rings. The Bertz CT molecular complexity index is 597. The second-order valence-electron chi connectivity index (χ2n) is 4.40. The van der Waals surface area contributed by atoms with E-state index in [0.717, 1.165) is 16.6 Å². The van der Waals surface area contributed by atoms with Crippen molar-refractivity contribution in [3.8, 4) is 0 Å². The summed E-state index contributed by atoms with van der Waals surface area (Å²) in [5.41, 5.74) is 8.12. The van der Waals surface area contributed by atoms with Crippen molar-refractivity contribution in [3.05, 3.63) is 30.5 Å². The zero-order valence-electron chi connectivity index (χ0n) is 11.2. The summed E-state index contributed by atoms with van der Waals surface area (Å²) in [5, 5.41) is 4.11. The van der Waals surface area contributed by atoms with E-state index in [4.69, 9.17) is 5.73 Å². The maximum atomic E-state index is 11.8. The molecule has 0 aliphatic rings. The van der Waals surface area contributed by atoms with Crippen molar-refractivity contribution in [1.82, 2.24) is 9.88 Å². The van der Waals surface area contributed by atoms with Crippen LogP contribution in [0.3, 0.4) is 0 Å². The molecule has 100 valence electrons. The Labute approximate surface area is 112 Å². The van der Waals surface area contributed by atoms with Crippen molar-refractivity contribution >= 4 is 28.2 Å². The molecule has 0 atom stereocenters. The van der Waals surface area contributed by atoms with Gasteiger partial charge < -0.3 is 16.0 Å². The van der Waals surface area contributed by atoms with Gasteiger partial charge in [0.1, 0.15) is 0 Å². The summed E-state index contributed by atoms with van der Waals surface area (Å²) >= 11 is 0. The average Bonchev–Trinajstić information content (AvgIpc) is 2.43. The molecule has 3 N–H and O–H groups in total. The second-order valence-corrected chi connectivity index (χ2v) is 4.40. The molecule has 0 radical (unpaired) electrons. The number of fused-ring (bicyclic) bond motifs is 1. The fraction of sp³-hybridized carbons (Fsp3) is 0.286. The number of likely N-dealkylation sites (N-methyl/N-ethyl adjacent to an activating group) is 1. The predicted octanol–water partition coefficient (Wildman–Crippen LogP) is 1.71. The van der Waals surface area contributed by atoms with Gasteiger partial charge in [0.2, 0.25) is 5.91 Å². The first-order valence-corrected chi connectivity index (χ1v) is 6.24. The van der Waals surface area contributed by atoms with Gasteiger partial charge >= 0.3 is 0 Å². The summed E-state index contributed by atoms with van der Waals surface area (Å²) in [6.07, 6.45) is 1.71. The number of carbonyl (C=O) groups excluding carboxylic acids is 1. The van der Waals surface area contributed by atoms with E-state index in [2.05, 4.69) is 10.3 Å². The molecular formula is C14H18N4O. The third kappa shape index (κ3) is 2.93. The molecule has 0 bridgehead atoms. The van der Waals surface area contributed by atoms with E-state index in [-0.39, 0.29) is 12.5 Å². The van der Waals surface area contributed by atoms with E-state index in [0.29, 0.717) is 12.2 Å². The smallest absolute Gasteiger partial charge is 0.241 e. The first-order chi connectivity index (χ1) is 9.11. The molecule has 1 heterocycles. The van der Waals surface area contributed by atoms with Crippen LogP contribution in [-0.2, 0) is 4.79 Å². The monoisotopic (exact) mass is 258 g/mol. The zero-order valence-corrected chi connectivity index (χ0v) is 11.2. The van der Waals surface area contributed by atoms with Crippen LogP contribution in [0.5, 0.6) is 0 Å². The highest BCUT2D eigenvalue weighted by atomic mass is 16.2. The van der Waals surface area contributed by atoms with Gasteiger partial charge in [0.05, 0.1) is 12.1 Å². The van der Waals surface area contributed by atoms with Crippen molar-refractivity contribution in [2.45, 2.75) is 6.92 Å². The van der Waals surface area contributed by atoms with Crippen molar-refractivity contribution in [1.29, 1.82) is 0 Å². The lowest BCUT2D eigenvalue weighted by Gasteiger charge is -2.16. The number of pyridine rings is 1. The molecule has 1 aromatic heterocycles. The van der Waals surface area contributed by atoms with Gasteiger partial charge in [-0.25, -0.2) is 0 Å². The lowest BCUT2D eigenvalue weighted by molar-refractivity contribution is -0.127. The highest BCUT2D eigenvalue weighted by Gasteiger charge is 2.07. The summed E-state index contributed by atoms with van der Waals surface area (Å²) in [7, 11) is 1.79. The molecule has 5 nitrogen and oxygen atoms in total. The number of aromatic nitrogens is 1. The second kappa shape index (κ2) is 5.56. The molecule has 1 aromatic carbocycles. The topological polar surface area (TPSA) is 71.2 Å². The number of hydrogen-bond donors (Lipinski definition) is 2. The van der Waals surface area contributed by atoms with Crippen LogP contribution in [0.1, 0.15) is 6.92 Å². The number of benzene rings is 1. The number of nitrogens with one attached hydrogen (secondary N) is 1. The number of nitrogens with two attached hydrogens (primary N) is 1. The number of rotatable bonds is 4. The Morgan fingerprint density at radius 3 is 2.95 bits per heavy atom. The number of hydrogen-bond acceptors (Lipinski definition) is 4. The molecule has 5 heteroatoms. The van der Waals surface area contributed by atoms with Crippen LogP contribution in [0.2, 0.25) is 0 Å². The third-order valence-corrected chi connectivity index (χ3v) is 3.10. The lowest BCUT2D eigenvalue weighted by Crippen LogP contribution is -2.31. The van der Waals surface area contributed by atoms with Gasteiger partial charge in [0.25, 0.3) is 0 Å². The SMILES string of the molecule is CCN(C)C(=O)CNc1ccnc2cc(N)ccc12. The van der Waals surface area contributed by atoms with Crippen LogP contribution < -0.4 is 11.1 Å². The number of nitrogens with zero attached hydrogens (tertiary/aromatic N) is 2. The quantitative estimate of drug-likeness (QED) is 0.819. The van der Waals surface area contributed by atoms with Gasteiger partial charge in [-0.2, -0.15) is 0 Å². The van der Waals surface area contributed by atoms with Gasteiger partial charge in [-0.1, -0.05) is 0 Å². The Balaban J connectivity index is 2.19. The summed E-state index contributed by atoms with van der Waals surface area (Å²) in [6.45, 7) is 2.92. The predicted molar refractivity (Wildman–Crippen MR) is 78.0 cm³/mol. The molecule has 0 aliphatic heterocycles.